The molecule has 41 heavy (non-hydrogen) atoms. The molecule has 3 amide bonds. The molecule has 4 fully saturated rings. The molecule has 6 rings (SSSR count). The van der Waals surface area contributed by atoms with Crippen molar-refractivity contribution in [3.63, 3.8) is 0 Å². The van der Waals surface area contributed by atoms with Gasteiger partial charge in [-0.25, -0.2) is 0 Å². The number of anilines is 1. The standard InChI is InChI=1S/C32H43ClN4O4/c1-2-24-14-6-7-17-36(24)18-9-19-37-28(30(39)34-22-11-4-3-5-12-22)32-16-15-25(41-32)26(27(32)31(37)40)29(38)35-23-13-8-10-21(33)20-23/h8,10,13,15-16,20,22,24-28H,2-7,9,11-12,14,17-19H2,1H3,(H,34,39)(H,35,38). The van der Waals surface area contributed by atoms with Gasteiger partial charge >= 0.3 is 0 Å². The molecule has 3 saturated heterocycles. The number of amides is 3. The van der Waals surface area contributed by atoms with Gasteiger partial charge in [0.2, 0.25) is 17.7 Å². The number of rotatable bonds is 9. The first-order valence-electron chi connectivity index (χ1n) is 15.7. The molecule has 4 aliphatic heterocycles. The maximum Gasteiger partial charge on any atom is 0.246 e. The Morgan fingerprint density at radius 2 is 1.88 bits per heavy atom. The van der Waals surface area contributed by atoms with Crippen molar-refractivity contribution in [2.24, 2.45) is 11.8 Å². The number of fused-ring (bicyclic) bond motifs is 1. The molecular formula is C32H43ClN4O4. The summed E-state index contributed by atoms with van der Waals surface area (Å²) in [5, 5.41) is 6.74. The molecule has 1 aliphatic carbocycles. The number of likely N-dealkylation sites (tertiary alicyclic amines) is 2. The van der Waals surface area contributed by atoms with Crippen molar-refractivity contribution >= 4 is 35.0 Å². The molecule has 1 aromatic carbocycles. The molecular weight excluding hydrogens is 540 g/mol. The Morgan fingerprint density at radius 1 is 1.07 bits per heavy atom. The zero-order valence-corrected chi connectivity index (χ0v) is 24.8. The molecule has 2 N–H and O–H groups in total. The predicted molar refractivity (Wildman–Crippen MR) is 158 cm³/mol. The topological polar surface area (TPSA) is 91.0 Å². The van der Waals surface area contributed by atoms with Crippen molar-refractivity contribution in [1.82, 2.24) is 15.1 Å². The lowest BCUT2D eigenvalue weighted by Gasteiger charge is -2.36. The molecule has 5 aliphatic rings. The Morgan fingerprint density at radius 3 is 2.66 bits per heavy atom. The van der Waals surface area contributed by atoms with Crippen LogP contribution in [0.4, 0.5) is 5.69 Å². The molecule has 222 valence electrons. The number of nitrogens with zero attached hydrogens (tertiary/aromatic N) is 2. The highest BCUT2D eigenvalue weighted by Gasteiger charge is 2.72. The van der Waals surface area contributed by atoms with Gasteiger partial charge in [-0.2, -0.15) is 0 Å². The third-order valence-corrected chi connectivity index (χ3v) is 10.3. The van der Waals surface area contributed by atoms with Gasteiger partial charge in [-0.05, 0) is 63.3 Å². The number of benzene rings is 1. The molecule has 2 bridgehead atoms. The fraction of sp³-hybridized carbons (Fsp3) is 0.656. The van der Waals surface area contributed by atoms with Crippen LogP contribution in [0.25, 0.3) is 0 Å². The quantitative estimate of drug-likeness (QED) is 0.418. The van der Waals surface area contributed by atoms with E-state index in [9.17, 15) is 14.4 Å². The number of carbonyl (C=O) groups excluding carboxylic acids is 3. The van der Waals surface area contributed by atoms with Gasteiger partial charge < -0.3 is 25.2 Å². The lowest BCUT2D eigenvalue weighted by atomic mass is 9.74. The average Bonchev–Trinajstić information content (AvgIpc) is 3.61. The molecule has 4 heterocycles. The zero-order valence-electron chi connectivity index (χ0n) is 24.0. The molecule has 1 saturated carbocycles. The van der Waals surface area contributed by atoms with E-state index in [4.69, 9.17) is 16.3 Å². The van der Waals surface area contributed by atoms with Crippen molar-refractivity contribution in [3.8, 4) is 0 Å². The first-order valence-corrected chi connectivity index (χ1v) is 16.1. The van der Waals surface area contributed by atoms with Gasteiger partial charge in [0.1, 0.15) is 11.6 Å². The highest BCUT2D eigenvalue weighted by molar-refractivity contribution is 6.30. The Bertz CT molecular complexity index is 1190. The number of halogens is 1. The van der Waals surface area contributed by atoms with Gasteiger partial charge in [-0.3, -0.25) is 14.4 Å². The maximum absolute atomic E-state index is 14.2. The fourth-order valence-corrected chi connectivity index (χ4v) is 8.28. The zero-order chi connectivity index (χ0) is 28.6. The summed E-state index contributed by atoms with van der Waals surface area (Å²) < 4.78 is 6.50. The van der Waals surface area contributed by atoms with Crippen LogP contribution in [0, 0.1) is 11.8 Å². The smallest absolute Gasteiger partial charge is 0.246 e. The maximum atomic E-state index is 14.2. The Hall–Kier alpha value is -2.42. The van der Waals surface area contributed by atoms with Gasteiger partial charge in [0.05, 0.1) is 17.9 Å². The van der Waals surface area contributed by atoms with Gasteiger partial charge in [0.15, 0.2) is 0 Å². The van der Waals surface area contributed by atoms with Crippen molar-refractivity contribution in [3.05, 3.63) is 41.4 Å². The Labute approximate surface area is 248 Å². The summed E-state index contributed by atoms with van der Waals surface area (Å²) >= 11 is 6.14. The number of ether oxygens (including phenoxy) is 1. The summed E-state index contributed by atoms with van der Waals surface area (Å²) in [5.74, 6) is -2.05. The third kappa shape index (κ3) is 5.43. The average molecular weight is 583 g/mol. The summed E-state index contributed by atoms with van der Waals surface area (Å²) in [5.41, 5.74) is -0.558. The highest BCUT2D eigenvalue weighted by Crippen LogP contribution is 2.55. The lowest BCUT2D eigenvalue weighted by molar-refractivity contribution is -0.141. The normalized spacial score (nSPS) is 33.3. The summed E-state index contributed by atoms with van der Waals surface area (Å²) in [6, 6.07) is 6.90. The SMILES string of the molecule is CCC1CCCCN1CCCN1C(=O)C2C(C(=O)Nc3cccc(Cl)c3)C3C=CC2(O3)C1C(=O)NC1CCCCC1. The van der Waals surface area contributed by atoms with Crippen LogP contribution in [0.2, 0.25) is 5.02 Å². The first kappa shape index (κ1) is 28.7. The van der Waals surface area contributed by atoms with Crippen LogP contribution in [0.3, 0.4) is 0 Å². The predicted octanol–water partition coefficient (Wildman–Crippen LogP) is 4.53. The van der Waals surface area contributed by atoms with Crippen LogP contribution < -0.4 is 10.6 Å². The van der Waals surface area contributed by atoms with Crippen LogP contribution in [0.5, 0.6) is 0 Å². The summed E-state index contributed by atoms with van der Waals surface area (Å²) in [4.78, 5) is 46.2. The van der Waals surface area contributed by atoms with Gasteiger partial charge in [0, 0.05) is 35.9 Å². The van der Waals surface area contributed by atoms with Crippen LogP contribution >= 0.6 is 11.6 Å². The van der Waals surface area contributed by atoms with E-state index < -0.39 is 29.6 Å². The van der Waals surface area contributed by atoms with E-state index >= 15 is 0 Å². The number of hydrogen-bond acceptors (Lipinski definition) is 5. The molecule has 8 nitrogen and oxygen atoms in total. The van der Waals surface area contributed by atoms with Crippen LogP contribution in [-0.2, 0) is 19.1 Å². The molecule has 0 radical (unpaired) electrons. The van der Waals surface area contributed by atoms with E-state index in [-0.39, 0.29) is 23.8 Å². The minimum absolute atomic E-state index is 0.117. The second kappa shape index (κ2) is 12.1. The van der Waals surface area contributed by atoms with Gasteiger partial charge in [-0.15, -0.1) is 0 Å². The van der Waals surface area contributed by atoms with Crippen molar-refractivity contribution in [2.75, 3.05) is 25.0 Å². The van der Waals surface area contributed by atoms with Crippen LogP contribution in [-0.4, -0.2) is 77.0 Å². The minimum Gasteiger partial charge on any atom is -0.359 e. The van der Waals surface area contributed by atoms with Crippen LogP contribution in [0.15, 0.2) is 36.4 Å². The second-order valence-electron chi connectivity index (χ2n) is 12.5. The van der Waals surface area contributed by atoms with E-state index in [0.29, 0.717) is 23.3 Å². The van der Waals surface area contributed by atoms with Crippen LogP contribution in [0.1, 0.15) is 71.1 Å². The largest absolute Gasteiger partial charge is 0.359 e. The number of hydrogen-bond donors (Lipinski definition) is 2. The Kier molecular flexibility index (Phi) is 8.44. The third-order valence-electron chi connectivity index (χ3n) is 10.0. The number of nitrogens with one attached hydrogen (secondary N) is 2. The van der Waals surface area contributed by atoms with E-state index in [0.717, 1.165) is 51.6 Å². The van der Waals surface area contributed by atoms with Crippen molar-refractivity contribution < 1.29 is 19.1 Å². The molecule has 0 aromatic heterocycles. The van der Waals surface area contributed by atoms with E-state index in [1.807, 2.05) is 12.2 Å². The highest BCUT2D eigenvalue weighted by atomic mass is 35.5. The molecule has 6 unspecified atom stereocenters. The van der Waals surface area contributed by atoms with Crippen molar-refractivity contribution in [2.45, 2.75) is 101 Å². The lowest BCUT2D eigenvalue weighted by Crippen LogP contribution is -2.56. The van der Waals surface area contributed by atoms with E-state index in [1.54, 1.807) is 29.2 Å². The molecule has 1 aromatic rings. The van der Waals surface area contributed by atoms with E-state index in [1.165, 1.54) is 25.7 Å². The fourth-order valence-electron chi connectivity index (χ4n) is 8.09. The van der Waals surface area contributed by atoms with E-state index in [2.05, 4.69) is 22.5 Å². The summed E-state index contributed by atoms with van der Waals surface area (Å²) in [6.45, 7) is 4.70. The number of piperidine rings is 1. The first-order chi connectivity index (χ1) is 19.9. The molecule has 9 heteroatoms. The summed E-state index contributed by atoms with van der Waals surface area (Å²) in [6.07, 6.45) is 14.1. The minimum atomic E-state index is -1.13. The molecule has 1 spiro atoms. The summed E-state index contributed by atoms with van der Waals surface area (Å²) in [7, 11) is 0. The van der Waals surface area contributed by atoms with Gasteiger partial charge in [0.25, 0.3) is 0 Å². The Balaban J connectivity index is 1.23. The number of carbonyl (C=O) groups is 3. The van der Waals surface area contributed by atoms with Gasteiger partial charge in [-0.1, -0.05) is 62.4 Å². The molecule has 6 atom stereocenters. The van der Waals surface area contributed by atoms with Crippen molar-refractivity contribution in [1.29, 1.82) is 0 Å². The second-order valence-corrected chi connectivity index (χ2v) is 13.0. The monoisotopic (exact) mass is 582 g/mol.